The summed E-state index contributed by atoms with van der Waals surface area (Å²) in [6, 6.07) is 6.00. The van der Waals surface area contributed by atoms with E-state index in [2.05, 4.69) is 16.5 Å². The van der Waals surface area contributed by atoms with Gasteiger partial charge in [-0.15, -0.1) is 0 Å². The Balaban J connectivity index is 2.00. The van der Waals surface area contributed by atoms with E-state index in [1.165, 1.54) is 24.6 Å². The quantitative estimate of drug-likeness (QED) is 0.908. The van der Waals surface area contributed by atoms with E-state index >= 15 is 0 Å². The highest BCUT2D eigenvalue weighted by Crippen LogP contribution is 2.19. The Bertz CT molecular complexity index is 577. The SMILES string of the molecule is CC1CCCCN1C(C)CNS(=O)(=O)c1ccccc1F. The van der Waals surface area contributed by atoms with Crippen molar-refractivity contribution in [2.24, 2.45) is 0 Å². The lowest BCUT2D eigenvalue weighted by Crippen LogP contribution is -2.48. The Morgan fingerprint density at radius 1 is 1.38 bits per heavy atom. The van der Waals surface area contributed by atoms with Crippen molar-refractivity contribution in [3.8, 4) is 0 Å². The van der Waals surface area contributed by atoms with Crippen LogP contribution in [0.2, 0.25) is 0 Å². The lowest BCUT2D eigenvalue weighted by atomic mass is 10.0. The van der Waals surface area contributed by atoms with Crippen LogP contribution in [0.1, 0.15) is 33.1 Å². The van der Waals surface area contributed by atoms with Crippen molar-refractivity contribution in [2.45, 2.75) is 50.1 Å². The molecule has 118 valence electrons. The molecule has 2 unspecified atom stereocenters. The molecule has 0 aliphatic carbocycles. The molecule has 0 spiro atoms. The molecule has 0 amide bonds. The number of sulfonamides is 1. The van der Waals surface area contributed by atoms with Crippen LogP contribution >= 0.6 is 0 Å². The second-order valence-electron chi connectivity index (χ2n) is 5.71. The molecule has 0 radical (unpaired) electrons. The molecule has 1 aliphatic rings. The number of benzene rings is 1. The van der Waals surface area contributed by atoms with E-state index in [-0.39, 0.29) is 10.9 Å². The van der Waals surface area contributed by atoms with Gasteiger partial charge < -0.3 is 0 Å². The van der Waals surface area contributed by atoms with Crippen LogP contribution in [0.15, 0.2) is 29.2 Å². The molecule has 2 atom stereocenters. The molecule has 1 saturated heterocycles. The Labute approximate surface area is 126 Å². The molecular weight excluding hydrogens is 291 g/mol. The first-order chi connectivity index (χ1) is 9.92. The van der Waals surface area contributed by atoms with E-state index in [9.17, 15) is 12.8 Å². The van der Waals surface area contributed by atoms with Gasteiger partial charge in [-0.2, -0.15) is 0 Å². The summed E-state index contributed by atoms with van der Waals surface area (Å²) in [5.74, 6) is -0.719. The summed E-state index contributed by atoms with van der Waals surface area (Å²) in [5.41, 5.74) is 0. The summed E-state index contributed by atoms with van der Waals surface area (Å²) in [5, 5.41) is 0. The van der Waals surface area contributed by atoms with Crippen LogP contribution in [-0.2, 0) is 10.0 Å². The van der Waals surface area contributed by atoms with Crippen LogP contribution in [-0.4, -0.2) is 38.5 Å². The topological polar surface area (TPSA) is 49.4 Å². The summed E-state index contributed by atoms with van der Waals surface area (Å²) in [6.45, 7) is 5.46. The number of nitrogens with one attached hydrogen (secondary N) is 1. The maximum Gasteiger partial charge on any atom is 0.243 e. The average Bonchev–Trinajstić information content (AvgIpc) is 2.45. The van der Waals surface area contributed by atoms with Gasteiger partial charge in [0.15, 0.2) is 0 Å². The highest BCUT2D eigenvalue weighted by atomic mass is 32.2. The van der Waals surface area contributed by atoms with Crippen LogP contribution in [0.3, 0.4) is 0 Å². The zero-order valence-corrected chi connectivity index (χ0v) is 13.4. The van der Waals surface area contributed by atoms with Crippen LogP contribution in [0, 0.1) is 5.82 Å². The normalized spacial score (nSPS) is 22.1. The Kier molecular flexibility index (Phi) is 5.35. The van der Waals surface area contributed by atoms with Gasteiger partial charge in [0, 0.05) is 18.6 Å². The Morgan fingerprint density at radius 2 is 2.10 bits per heavy atom. The highest BCUT2D eigenvalue weighted by Gasteiger charge is 2.25. The summed E-state index contributed by atoms with van der Waals surface area (Å²) >= 11 is 0. The Hall–Kier alpha value is -0.980. The Morgan fingerprint density at radius 3 is 2.76 bits per heavy atom. The molecule has 1 fully saturated rings. The fourth-order valence-corrected chi connectivity index (χ4v) is 4.06. The molecule has 4 nitrogen and oxygen atoms in total. The number of likely N-dealkylation sites (tertiary alicyclic amines) is 1. The number of hydrogen-bond donors (Lipinski definition) is 1. The second kappa shape index (κ2) is 6.85. The van der Waals surface area contributed by atoms with Gasteiger partial charge in [-0.25, -0.2) is 17.5 Å². The molecule has 6 heteroatoms. The summed E-state index contributed by atoms with van der Waals surface area (Å²) in [6.07, 6.45) is 3.52. The van der Waals surface area contributed by atoms with Gasteiger partial charge in [-0.3, -0.25) is 4.90 Å². The number of hydrogen-bond acceptors (Lipinski definition) is 3. The maximum absolute atomic E-state index is 13.6. The third-order valence-electron chi connectivity index (χ3n) is 4.12. The molecule has 0 bridgehead atoms. The second-order valence-corrected chi connectivity index (χ2v) is 7.45. The van der Waals surface area contributed by atoms with Crippen LogP contribution in [0.4, 0.5) is 4.39 Å². The third kappa shape index (κ3) is 4.02. The number of rotatable bonds is 5. The van der Waals surface area contributed by atoms with Gasteiger partial charge in [-0.05, 0) is 45.4 Å². The fraction of sp³-hybridized carbons (Fsp3) is 0.600. The van der Waals surface area contributed by atoms with Crippen LogP contribution in [0.5, 0.6) is 0 Å². The largest absolute Gasteiger partial charge is 0.297 e. The van der Waals surface area contributed by atoms with Crippen molar-refractivity contribution in [2.75, 3.05) is 13.1 Å². The van der Waals surface area contributed by atoms with E-state index < -0.39 is 15.8 Å². The zero-order valence-electron chi connectivity index (χ0n) is 12.5. The minimum absolute atomic E-state index is 0.0989. The molecule has 1 heterocycles. The maximum atomic E-state index is 13.6. The van der Waals surface area contributed by atoms with E-state index in [1.54, 1.807) is 0 Å². The van der Waals surface area contributed by atoms with Crippen molar-refractivity contribution >= 4 is 10.0 Å². The smallest absolute Gasteiger partial charge is 0.243 e. The van der Waals surface area contributed by atoms with Gasteiger partial charge >= 0.3 is 0 Å². The molecule has 0 aromatic heterocycles. The first-order valence-electron chi connectivity index (χ1n) is 7.42. The zero-order chi connectivity index (χ0) is 15.5. The average molecular weight is 314 g/mol. The lowest BCUT2D eigenvalue weighted by molar-refractivity contribution is 0.116. The van der Waals surface area contributed by atoms with E-state index in [4.69, 9.17) is 0 Å². The monoisotopic (exact) mass is 314 g/mol. The first-order valence-corrected chi connectivity index (χ1v) is 8.90. The van der Waals surface area contributed by atoms with E-state index in [0.717, 1.165) is 25.5 Å². The molecule has 1 aromatic carbocycles. The molecule has 1 aromatic rings. The minimum Gasteiger partial charge on any atom is -0.297 e. The molecule has 1 aliphatic heterocycles. The number of nitrogens with zero attached hydrogens (tertiary/aromatic N) is 1. The molecule has 2 rings (SSSR count). The van der Waals surface area contributed by atoms with Gasteiger partial charge in [0.1, 0.15) is 10.7 Å². The minimum atomic E-state index is -3.79. The van der Waals surface area contributed by atoms with E-state index in [1.807, 2.05) is 6.92 Å². The predicted octanol–water partition coefficient (Wildman–Crippen LogP) is 2.37. The van der Waals surface area contributed by atoms with Crippen molar-refractivity contribution < 1.29 is 12.8 Å². The first kappa shape index (κ1) is 16.4. The van der Waals surface area contributed by atoms with Gasteiger partial charge in [0.05, 0.1) is 0 Å². The third-order valence-corrected chi connectivity index (χ3v) is 5.57. The van der Waals surface area contributed by atoms with E-state index in [0.29, 0.717) is 12.6 Å². The fourth-order valence-electron chi connectivity index (χ4n) is 2.86. The standard InChI is InChI=1S/C15H23FN2O2S/c1-12-7-5-6-10-18(12)13(2)11-17-21(19,20)15-9-4-3-8-14(15)16/h3-4,8-9,12-13,17H,5-7,10-11H2,1-2H3. The summed E-state index contributed by atoms with van der Waals surface area (Å²) in [4.78, 5) is 2.02. The summed E-state index contributed by atoms with van der Waals surface area (Å²) in [7, 11) is -3.79. The number of halogens is 1. The van der Waals surface area contributed by atoms with Crippen molar-refractivity contribution in [3.63, 3.8) is 0 Å². The van der Waals surface area contributed by atoms with Crippen molar-refractivity contribution in [1.82, 2.24) is 9.62 Å². The number of piperidine rings is 1. The van der Waals surface area contributed by atoms with Crippen LogP contribution < -0.4 is 4.72 Å². The predicted molar refractivity (Wildman–Crippen MR) is 81.1 cm³/mol. The molecule has 21 heavy (non-hydrogen) atoms. The van der Waals surface area contributed by atoms with Crippen molar-refractivity contribution in [1.29, 1.82) is 0 Å². The highest BCUT2D eigenvalue weighted by molar-refractivity contribution is 7.89. The van der Waals surface area contributed by atoms with Gasteiger partial charge in [0.2, 0.25) is 10.0 Å². The van der Waals surface area contributed by atoms with Crippen molar-refractivity contribution in [3.05, 3.63) is 30.1 Å². The molecule has 0 saturated carbocycles. The molecular formula is C15H23FN2O2S. The summed E-state index contributed by atoms with van der Waals surface area (Å²) < 4.78 is 40.4. The van der Waals surface area contributed by atoms with Crippen LogP contribution in [0.25, 0.3) is 0 Å². The van der Waals surface area contributed by atoms with Gasteiger partial charge in [-0.1, -0.05) is 18.6 Å². The van der Waals surface area contributed by atoms with Gasteiger partial charge in [0.25, 0.3) is 0 Å². The molecule has 1 N–H and O–H groups in total. The lowest BCUT2D eigenvalue weighted by Gasteiger charge is -2.38.